The number of benzene rings is 1. The SMILES string of the molecule is CCSc1nc(NCCOC)c2cnn(CCNC(=O)CCSc3ccccc3)c2n1. The second-order valence-corrected chi connectivity index (χ2v) is 8.97. The number of hydrogen-bond acceptors (Lipinski definition) is 8. The molecule has 0 saturated carbocycles. The molecule has 0 saturated heterocycles. The van der Waals surface area contributed by atoms with Crippen LogP contribution in [-0.2, 0) is 16.1 Å². The van der Waals surface area contributed by atoms with Crippen LogP contribution in [0.2, 0.25) is 0 Å². The van der Waals surface area contributed by atoms with Gasteiger partial charge in [-0.1, -0.05) is 36.9 Å². The van der Waals surface area contributed by atoms with Crippen molar-refractivity contribution in [3.63, 3.8) is 0 Å². The first-order chi connectivity index (χ1) is 15.2. The minimum absolute atomic E-state index is 0.0404. The van der Waals surface area contributed by atoms with Gasteiger partial charge in [0.05, 0.1) is 24.7 Å². The number of anilines is 1. The number of rotatable bonds is 13. The van der Waals surface area contributed by atoms with Crippen molar-refractivity contribution in [1.82, 2.24) is 25.1 Å². The van der Waals surface area contributed by atoms with Crippen LogP contribution in [0.4, 0.5) is 5.82 Å². The molecule has 3 rings (SSSR count). The fourth-order valence-corrected chi connectivity index (χ4v) is 4.30. The Bertz CT molecular complexity index is 967. The molecule has 2 aromatic heterocycles. The molecule has 0 aliphatic rings. The molecule has 2 N–H and O–H groups in total. The summed E-state index contributed by atoms with van der Waals surface area (Å²) in [6.45, 7) is 4.36. The minimum atomic E-state index is 0.0404. The van der Waals surface area contributed by atoms with E-state index in [0.717, 1.165) is 28.4 Å². The van der Waals surface area contributed by atoms with Crippen molar-refractivity contribution >= 4 is 46.3 Å². The summed E-state index contributed by atoms with van der Waals surface area (Å²) in [5.41, 5.74) is 0.764. The Morgan fingerprint density at radius 2 is 2.00 bits per heavy atom. The lowest BCUT2D eigenvalue weighted by atomic mass is 10.4. The van der Waals surface area contributed by atoms with Crippen molar-refractivity contribution in [2.24, 2.45) is 0 Å². The van der Waals surface area contributed by atoms with Gasteiger partial charge in [0, 0.05) is 37.3 Å². The molecular weight excluding hydrogens is 432 g/mol. The number of thioether (sulfide) groups is 2. The van der Waals surface area contributed by atoms with Gasteiger partial charge in [0.1, 0.15) is 5.82 Å². The fourth-order valence-electron chi connectivity index (χ4n) is 2.87. The summed E-state index contributed by atoms with van der Waals surface area (Å²) in [6, 6.07) is 10.1. The highest BCUT2D eigenvalue weighted by Gasteiger charge is 2.13. The molecule has 31 heavy (non-hydrogen) atoms. The summed E-state index contributed by atoms with van der Waals surface area (Å²) in [5.74, 6) is 2.43. The Morgan fingerprint density at radius 3 is 2.77 bits per heavy atom. The molecule has 0 bridgehead atoms. The van der Waals surface area contributed by atoms with Gasteiger partial charge in [-0.25, -0.2) is 14.6 Å². The average Bonchev–Trinajstić information content (AvgIpc) is 3.18. The molecular formula is C21H28N6O2S2. The normalized spacial score (nSPS) is 11.0. The number of hydrogen-bond donors (Lipinski definition) is 2. The van der Waals surface area contributed by atoms with Crippen LogP contribution in [0, 0.1) is 0 Å². The number of methoxy groups -OCH3 is 1. The summed E-state index contributed by atoms with van der Waals surface area (Å²) in [4.78, 5) is 22.6. The molecule has 10 heteroatoms. The lowest BCUT2D eigenvalue weighted by Gasteiger charge is -2.09. The number of fused-ring (bicyclic) bond motifs is 1. The molecule has 166 valence electrons. The van der Waals surface area contributed by atoms with Crippen LogP contribution in [0.25, 0.3) is 11.0 Å². The predicted octanol–water partition coefficient (Wildman–Crippen LogP) is 3.30. The van der Waals surface area contributed by atoms with E-state index in [1.807, 2.05) is 22.9 Å². The molecule has 0 spiro atoms. The highest BCUT2D eigenvalue weighted by atomic mass is 32.2. The number of amides is 1. The standard InChI is InChI=1S/C21H28N6O2S2/c1-3-30-21-25-19(23-11-13-29-2)17-15-24-27(20(17)26-21)12-10-22-18(28)9-14-31-16-7-5-4-6-8-16/h4-8,15H,3,9-14H2,1-2H3,(H,22,28)(H,23,25,26). The molecule has 2 heterocycles. The van der Waals surface area contributed by atoms with E-state index in [1.54, 1.807) is 36.8 Å². The van der Waals surface area contributed by atoms with E-state index in [0.29, 0.717) is 37.8 Å². The zero-order chi connectivity index (χ0) is 21.9. The van der Waals surface area contributed by atoms with Gasteiger partial charge in [-0.2, -0.15) is 5.10 Å². The molecule has 1 aromatic carbocycles. The molecule has 1 amide bonds. The van der Waals surface area contributed by atoms with Crippen molar-refractivity contribution in [2.75, 3.05) is 43.6 Å². The molecule has 0 atom stereocenters. The van der Waals surface area contributed by atoms with Crippen molar-refractivity contribution in [1.29, 1.82) is 0 Å². The Hall–Kier alpha value is -2.30. The second-order valence-electron chi connectivity index (χ2n) is 6.57. The van der Waals surface area contributed by atoms with Gasteiger partial charge in [-0.05, 0) is 17.9 Å². The zero-order valence-electron chi connectivity index (χ0n) is 17.8. The van der Waals surface area contributed by atoms with E-state index in [1.165, 1.54) is 4.90 Å². The van der Waals surface area contributed by atoms with Crippen LogP contribution < -0.4 is 10.6 Å². The Kier molecular flexibility index (Phi) is 9.44. The van der Waals surface area contributed by atoms with Crippen LogP contribution in [0.5, 0.6) is 0 Å². The Labute approximate surface area is 190 Å². The summed E-state index contributed by atoms with van der Waals surface area (Å²) in [6.07, 6.45) is 2.25. The summed E-state index contributed by atoms with van der Waals surface area (Å²) in [5, 5.41) is 12.3. The smallest absolute Gasteiger partial charge is 0.220 e. The highest BCUT2D eigenvalue weighted by molar-refractivity contribution is 7.99. The van der Waals surface area contributed by atoms with Gasteiger partial charge in [-0.3, -0.25) is 4.79 Å². The molecule has 0 radical (unpaired) electrons. The third-order valence-corrected chi connectivity index (χ3v) is 6.08. The number of carbonyl (C=O) groups is 1. The molecule has 8 nitrogen and oxygen atoms in total. The van der Waals surface area contributed by atoms with Crippen LogP contribution in [-0.4, -0.2) is 64.0 Å². The van der Waals surface area contributed by atoms with Crippen LogP contribution in [0.1, 0.15) is 13.3 Å². The van der Waals surface area contributed by atoms with Gasteiger partial charge in [-0.15, -0.1) is 11.8 Å². The van der Waals surface area contributed by atoms with Crippen LogP contribution in [0.15, 0.2) is 46.6 Å². The fraction of sp³-hybridized carbons (Fsp3) is 0.429. The largest absolute Gasteiger partial charge is 0.383 e. The number of nitrogens with one attached hydrogen (secondary N) is 2. The monoisotopic (exact) mass is 460 g/mol. The quantitative estimate of drug-likeness (QED) is 0.228. The van der Waals surface area contributed by atoms with Crippen molar-refractivity contribution < 1.29 is 9.53 Å². The van der Waals surface area contributed by atoms with Gasteiger partial charge in [0.25, 0.3) is 0 Å². The van der Waals surface area contributed by atoms with Crippen LogP contribution in [0.3, 0.4) is 0 Å². The molecule has 3 aromatic rings. The van der Waals surface area contributed by atoms with E-state index < -0.39 is 0 Å². The number of ether oxygens (including phenoxy) is 1. The van der Waals surface area contributed by atoms with Gasteiger partial charge >= 0.3 is 0 Å². The molecule has 0 fully saturated rings. The number of carbonyl (C=O) groups excluding carboxylic acids is 1. The van der Waals surface area contributed by atoms with Gasteiger partial charge < -0.3 is 15.4 Å². The van der Waals surface area contributed by atoms with Crippen molar-refractivity contribution in [3.8, 4) is 0 Å². The topological polar surface area (TPSA) is 94.0 Å². The van der Waals surface area contributed by atoms with E-state index in [2.05, 4.69) is 44.8 Å². The van der Waals surface area contributed by atoms with Crippen LogP contribution >= 0.6 is 23.5 Å². The predicted molar refractivity (Wildman–Crippen MR) is 127 cm³/mol. The van der Waals surface area contributed by atoms with Crippen molar-refractivity contribution in [3.05, 3.63) is 36.5 Å². The summed E-state index contributed by atoms with van der Waals surface area (Å²) in [7, 11) is 1.67. The maximum absolute atomic E-state index is 12.2. The Balaban J connectivity index is 1.55. The van der Waals surface area contributed by atoms with E-state index in [9.17, 15) is 4.79 Å². The summed E-state index contributed by atoms with van der Waals surface area (Å²) < 4.78 is 6.93. The average molecular weight is 461 g/mol. The minimum Gasteiger partial charge on any atom is -0.383 e. The van der Waals surface area contributed by atoms with Gasteiger partial charge in [0.2, 0.25) is 5.91 Å². The van der Waals surface area contributed by atoms with Gasteiger partial charge in [0.15, 0.2) is 10.8 Å². The maximum atomic E-state index is 12.2. The first kappa shape index (κ1) is 23.4. The lowest BCUT2D eigenvalue weighted by molar-refractivity contribution is -0.120. The van der Waals surface area contributed by atoms with E-state index in [4.69, 9.17) is 4.74 Å². The highest BCUT2D eigenvalue weighted by Crippen LogP contribution is 2.24. The first-order valence-electron chi connectivity index (χ1n) is 10.2. The Morgan fingerprint density at radius 1 is 1.16 bits per heavy atom. The third kappa shape index (κ3) is 7.12. The maximum Gasteiger partial charge on any atom is 0.220 e. The lowest BCUT2D eigenvalue weighted by Crippen LogP contribution is -2.27. The molecule has 0 aliphatic heterocycles. The number of aromatic nitrogens is 4. The third-order valence-electron chi connectivity index (χ3n) is 4.33. The zero-order valence-corrected chi connectivity index (χ0v) is 19.5. The van der Waals surface area contributed by atoms with Crippen molar-refractivity contribution in [2.45, 2.75) is 29.9 Å². The summed E-state index contributed by atoms with van der Waals surface area (Å²) >= 11 is 3.27. The van der Waals surface area contributed by atoms with E-state index >= 15 is 0 Å². The number of nitrogens with zero attached hydrogens (tertiary/aromatic N) is 4. The second kappa shape index (κ2) is 12.5. The van der Waals surface area contributed by atoms with E-state index in [-0.39, 0.29) is 5.91 Å². The first-order valence-corrected chi connectivity index (χ1v) is 12.2. The molecule has 0 aliphatic carbocycles. The molecule has 0 unspecified atom stereocenters.